The number of rotatable bonds is 0. The molecule has 0 aromatic heterocycles. The van der Waals surface area contributed by atoms with Gasteiger partial charge in [0.25, 0.3) is 0 Å². The lowest BCUT2D eigenvalue weighted by molar-refractivity contribution is -0.127. The first-order valence-corrected chi connectivity index (χ1v) is 8.95. The molecule has 4 aliphatic rings. The van der Waals surface area contributed by atoms with Crippen LogP contribution in [0.2, 0.25) is 0 Å². The molecule has 0 heterocycles. The maximum atomic E-state index is 12.5. The number of fused-ring (bicyclic) bond motifs is 5. The van der Waals surface area contributed by atoms with Gasteiger partial charge in [-0.3, -0.25) is 9.59 Å². The van der Waals surface area contributed by atoms with Crippen molar-refractivity contribution in [3.8, 4) is 0 Å². The third-order valence-corrected chi connectivity index (χ3v) is 7.58. The van der Waals surface area contributed by atoms with Crippen LogP contribution >= 0.6 is 0 Å². The van der Waals surface area contributed by atoms with Gasteiger partial charge in [0.05, 0.1) is 0 Å². The summed E-state index contributed by atoms with van der Waals surface area (Å²) in [5.74, 6) is 1.51. The molecule has 2 saturated carbocycles. The summed E-state index contributed by atoms with van der Waals surface area (Å²) in [7, 11) is 0. The molecule has 4 rings (SSSR count). The van der Waals surface area contributed by atoms with E-state index in [9.17, 15) is 9.59 Å². The fourth-order valence-corrected chi connectivity index (χ4v) is 6.02. The number of ketones is 2. The fourth-order valence-electron chi connectivity index (χ4n) is 6.02. The molecule has 0 amide bonds. The summed E-state index contributed by atoms with van der Waals surface area (Å²) >= 11 is 0. The highest BCUT2D eigenvalue weighted by atomic mass is 16.1. The molecule has 4 aliphatic carbocycles. The minimum Gasteiger partial charge on any atom is -0.299 e. The van der Waals surface area contributed by atoms with Crippen LogP contribution in [0.15, 0.2) is 34.4 Å². The minimum atomic E-state index is -0.132. The molecule has 0 bridgehead atoms. The molecule has 0 unspecified atom stereocenters. The summed E-state index contributed by atoms with van der Waals surface area (Å²) in [4.78, 5) is 24.5. The van der Waals surface area contributed by atoms with Gasteiger partial charge >= 0.3 is 0 Å². The molecule has 23 heavy (non-hydrogen) atoms. The van der Waals surface area contributed by atoms with E-state index in [-0.39, 0.29) is 16.6 Å². The Morgan fingerprint density at radius 3 is 2.52 bits per heavy atom. The minimum absolute atomic E-state index is 0.0181. The molecule has 122 valence electrons. The van der Waals surface area contributed by atoms with E-state index in [0.717, 1.165) is 32.1 Å². The molecule has 0 spiro atoms. The maximum absolute atomic E-state index is 12.5. The molecule has 2 fully saturated rings. The van der Waals surface area contributed by atoms with Gasteiger partial charge in [-0.15, -0.1) is 0 Å². The molecule has 2 heteroatoms. The number of allylic oxidation sites excluding steroid dienone is 6. The zero-order valence-corrected chi connectivity index (χ0v) is 14.7. The highest BCUT2D eigenvalue weighted by Crippen LogP contribution is 2.64. The monoisotopic (exact) mass is 310 g/mol. The Labute approximate surface area is 138 Å². The summed E-state index contributed by atoms with van der Waals surface area (Å²) in [6.07, 6.45) is 8.45. The van der Waals surface area contributed by atoms with Crippen molar-refractivity contribution >= 4 is 11.6 Å². The van der Waals surface area contributed by atoms with Crippen molar-refractivity contribution < 1.29 is 9.59 Å². The van der Waals surface area contributed by atoms with Gasteiger partial charge in [-0.2, -0.15) is 0 Å². The van der Waals surface area contributed by atoms with Crippen LogP contribution in [0.25, 0.3) is 0 Å². The normalized spacial score (nSPS) is 42.8. The number of hydrogen-bond acceptors (Lipinski definition) is 2. The largest absolute Gasteiger partial charge is 0.299 e. The quantitative estimate of drug-likeness (QED) is 0.614. The third-order valence-electron chi connectivity index (χ3n) is 7.58. The van der Waals surface area contributed by atoms with E-state index in [2.05, 4.69) is 27.7 Å². The summed E-state index contributed by atoms with van der Waals surface area (Å²) < 4.78 is 0. The first kappa shape index (κ1) is 15.1. The van der Waals surface area contributed by atoms with Crippen molar-refractivity contribution in [1.82, 2.24) is 0 Å². The molecule has 4 atom stereocenters. The Morgan fingerprint density at radius 1 is 1.04 bits per heavy atom. The van der Waals surface area contributed by atoms with Gasteiger partial charge in [-0.1, -0.05) is 36.1 Å². The summed E-state index contributed by atoms with van der Waals surface area (Å²) in [5.41, 5.74) is 5.34. The lowest BCUT2D eigenvalue weighted by Gasteiger charge is -2.54. The number of carbonyl (C=O) groups excluding carboxylic acids is 2. The van der Waals surface area contributed by atoms with Crippen molar-refractivity contribution in [3.63, 3.8) is 0 Å². The van der Waals surface area contributed by atoms with E-state index in [1.54, 1.807) is 5.57 Å². The van der Waals surface area contributed by atoms with Crippen molar-refractivity contribution in [2.24, 2.45) is 22.7 Å². The standard InChI is InChI=1S/C21H26O2/c1-12-9-14-11-15(22)10-13(2)21(14,4)17-7-8-20(3)16(19(12)17)5-6-18(20)23/h10-11,16-17H,5-9H2,1-4H3/t16-,17-,20-,21-/m0/s1. The molecule has 0 saturated heterocycles. The average Bonchev–Trinajstić information content (AvgIpc) is 2.78. The lowest BCUT2D eigenvalue weighted by atomic mass is 9.49. The SMILES string of the molecule is CC1=CC(=O)C=C2CC(C)=C3[C@H](CC[C@]4(C)C(=O)CC[C@@H]34)[C@@]12C. The molecular formula is C21H26O2. The van der Waals surface area contributed by atoms with Crippen LogP contribution in [0, 0.1) is 22.7 Å². The summed E-state index contributed by atoms with van der Waals surface area (Å²) in [6, 6.07) is 0. The van der Waals surface area contributed by atoms with Crippen molar-refractivity contribution in [2.45, 2.75) is 59.8 Å². The van der Waals surface area contributed by atoms with Crippen LogP contribution in [0.4, 0.5) is 0 Å². The lowest BCUT2D eigenvalue weighted by Crippen LogP contribution is -2.46. The van der Waals surface area contributed by atoms with Crippen molar-refractivity contribution in [1.29, 1.82) is 0 Å². The van der Waals surface area contributed by atoms with E-state index in [4.69, 9.17) is 0 Å². The van der Waals surface area contributed by atoms with Crippen molar-refractivity contribution in [3.05, 3.63) is 34.4 Å². The second kappa shape index (κ2) is 4.55. The Morgan fingerprint density at radius 2 is 1.78 bits per heavy atom. The predicted molar refractivity (Wildman–Crippen MR) is 90.8 cm³/mol. The first-order chi connectivity index (χ1) is 10.8. The summed E-state index contributed by atoms with van der Waals surface area (Å²) in [6.45, 7) is 8.88. The molecule has 0 aliphatic heterocycles. The van der Waals surface area contributed by atoms with E-state index in [1.807, 2.05) is 12.2 Å². The second-order valence-corrected chi connectivity index (χ2v) is 8.54. The number of carbonyl (C=O) groups is 2. The highest BCUT2D eigenvalue weighted by Gasteiger charge is 2.57. The Balaban J connectivity index is 1.88. The smallest absolute Gasteiger partial charge is 0.178 e. The Bertz CT molecular complexity index is 720. The van der Waals surface area contributed by atoms with Gasteiger partial charge in [0.15, 0.2) is 5.78 Å². The van der Waals surface area contributed by atoms with Gasteiger partial charge in [-0.25, -0.2) is 0 Å². The van der Waals surface area contributed by atoms with Gasteiger partial charge in [0.2, 0.25) is 0 Å². The van der Waals surface area contributed by atoms with Crippen LogP contribution in [-0.2, 0) is 9.59 Å². The van der Waals surface area contributed by atoms with Gasteiger partial charge in [0, 0.05) is 17.3 Å². The molecule has 0 N–H and O–H groups in total. The van der Waals surface area contributed by atoms with E-state index < -0.39 is 0 Å². The average molecular weight is 310 g/mol. The Hall–Kier alpha value is -1.44. The number of hydrogen-bond donors (Lipinski definition) is 0. The zero-order valence-electron chi connectivity index (χ0n) is 14.7. The predicted octanol–water partition coefficient (Wildman–Crippen LogP) is 4.56. The highest BCUT2D eigenvalue weighted by molar-refractivity contribution is 6.02. The third kappa shape index (κ3) is 1.75. The Kier molecular flexibility index (Phi) is 2.99. The first-order valence-electron chi connectivity index (χ1n) is 8.95. The second-order valence-electron chi connectivity index (χ2n) is 8.54. The van der Waals surface area contributed by atoms with Crippen molar-refractivity contribution in [2.75, 3.05) is 0 Å². The van der Waals surface area contributed by atoms with Gasteiger partial charge in [-0.05, 0) is 63.5 Å². The van der Waals surface area contributed by atoms with E-state index >= 15 is 0 Å². The van der Waals surface area contributed by atoms with E-state index in [0.29, 0.717) is 17.6 Å². The molecule has 0 aromatic carbocycles. The maximum Gasteiger partial charge on any atom is 0.178 e. The van der Waals surface area contributed by atoms with E-state index in [1.165, 1.54) is 16.7 Å². The van der Waals surface area contributed by atoms with Crippen LogP contribution < -0.4 is 0 Å². The van der Waals surface area contributed by atoms with Gasteiger partial charge < -0.3 is 0 Å². The molecule has 2 nitrogen and oxygen atoms in total. The summed E-state index contributed by atoms with van der Waals surface area (Å²) in [5, 5.41) is 0. The van der Waals surface area contributed by atoms with Crippen LogP contribution in [0.3, 0.4) is 0 Å². The molecular weight excluding hydrogens is 284 g/mol. The fraction of sp³-hybridized carbons (Fsp3) is 0.619. The van der Waals surface area contributed by atoms with Gasteiger partial charge in [0.1, 0.15) is 5.78 Å². The number of Topliss-reactive ketones (excluding diaryl/α,β-unsaturated/α-hetero) is 1. The van der Waals surface area contributed by atoms with Crippen LogP contribution in [0.5, 0.6) is 0 Å². The molecule has 0 aromatic rings. The molecule has 0 radical (unpaired) electrons. The van der Waals surface area contributed by atoms with Crippen LogP contribution in [0.1, 0.15) is 59.8 Å². The zero-order chi connectivity index (χ0) is 16.6. The van der Waals surface area contributed by atoms with Crippen LogP contribution in [-0.4, -0.2) is 11.6 Å². The topological polar surface area (TPSA) is 34.1 Å².